The molecule has 0 unspecified atom stereocenters. The monoisotopic (exact) mass is 804 g/mol. The van der Waals surface area contributed by atoms with Crippen molar-refractivity contribution in [1.29, 1.82) is 16.2 Å². The summed E-state index contributed by atoms with van der Waals surface area (Å²) in [5.41, 5.74) is 2.74. The van der Waals surface area contributed by atoms with Crippen LogP contribution in [0.25, 0.3) is 87.0 Å². The molecule has 292 valence electrons. The second-order valence-electron chi connectivity index (χ2n) is 14.3. The first-order valence-corrected chi connectivity index (χ1v) is 18.3. The largest absolute Gasteiger partial charge is 0.383 e. The molecule has 0 saturated carbocycles. The van der Waals surface area contributed by atoms with Gasteiger partial charge in [0.1, 0.15) is 49.9 Å². The third-order valence-corrected chi connectivity index (χ3v) is 10.9. The highest BCUT2D eigenvalue weighted by atomic mass is 16.9. The summed E-state index contributed by atoms with van der Waals surface area (Å²) in [6, 6.07) is 34.1. The zero-order valence-corrected chi connectivity index (χ0v) is 31.0. The lowest BCUT2D eigenvalue weighted by Gasteiger charge is -2.03. The van der Waals surface area contributed by atoms with Crippen LogP contribution in [0, 0.1) is 26.3 Å². The van der Waals surface area contributed by atoms with Gasteiger partial charge in [-0.3, -0.25) is 35.4 Å². The van der Waals surface area contributed by atoms with Crippen molar-refractivity contribution < 1.29 is 10.3 Å². The van der Waals surface area contributed by atoms with E-state index in [0.29, 0.717) is 27.4 Å². The molecular formula is C44H24N10O7. The third-order valence-electron chi connectivity index (χ3n) is 10.9. The molecule has 17 heteroatoms. The Kier molecular flexibility index (Phi) is 7.69. The van der Waals surface area contributed by atoms with Crippen molar-refractivity contribution in [3.05, 3.63) is 183 Å². The first-order chi connectivity index (χ1) is 29.3. The van der Waals surface area contributed by atoms with Gasteiger partial charge in [-0.2, -0.15) is 0 Å². The Hall–Kier alpha value is -9.12. The van der Waals surface area contributed by atoms with Crippen molar-refractivity contribution in [1.82, 2.24) is 18.8 Å². The molecule has 12 rings (SSSR count). The van der Waals surface area contributed by atoms with Crippen molar-refractivity contribution in [3.63, 3.8) is 0 Å². The minimum absolute atomic E-state index is 0.0511. The van der Waals surface area contributed by atoms with E-state index in [0.717, 1.165) is 52.2 Å². The number of hydrogen-bond donors (Lipinski definition) is 5. The lowest BCUT2D eigenvalue weighted by molar-refractivity contribution is -0.742. The van der Waals surface area contributed by atoms with Crippen LogP contribution in [0.5, 0.6) is 0 Å². The van der Waals surface area contributed by atoms with Crippen LogP contribution in [-0.4, -0.2) is 40.7 Å². The molecule has 4 aromatic heterocycles. The van der Waals surface area contributed by atoms with Crippen molar-refractivity contribution >= 4 is 98.6 Å². The Morgan fingerprint density at radius 3 is 1.26 bits per heavy atom. The average molecular weight is 805 g/mol. The summed E-state index contributed by atoms with van der Waals surface area (Å²) in [5, 5.41) is 45.2. The van der Waals surface area contributed by atoms with Crippen LogP contribution in [0.1, 0.15) is 11.1 Å². The molecule has 0 atom stereocenters. The summed E-state index contributed by atoms with van der Waals surface area (Å²) in [6.45, 7) is 0. The summed E-state index contributed by atoms with van der Waals surface area (Å²) in [7, 11) is 0. The van der Waals surface area contributed by atoms with Gasteiger partial charge in [0.05, 0.1) is 0 Å². The molecule has 0 amide bonds. The minimum atomic E-state index is -1.50. The van der Waals surface area contributed by atoms with Crippen molar-refractivity contribution in [2.24, 2.45) is 10.7 Å². The van der Waals surface area contributed by atoms with E-state index in [1.54, 1.807) is 24.3 Å². The van der Waals surface area contributed by atoms with Gasteiger partial charge in [-0.1, -0.05) is 72.8 Å². The summed E-state index contributed by atoms with van der Waals surface area (Å²) in [5.74, 6) is 0.703. The Bertz CT molecular complexity index is 4010. The predicted octanol–water partition coefficient (Wildman–Crippen LogP) is 4.15. The molecule has 0 bridgehead atoms. The summed E-state index contributed by atoms with van der Waals surface area (Å²) in [4.78, 5) is 76.6. The van der Waals surface area contributed by atoms with E-state index in [1.807, 2.05) is 84.9 Å². The number of aromatic nitrogens is 4. The maximum atomic E-state index is 13.9. The minimum Gasteiger partial charge on any atom is -0.383 e. The zero-order chi connectivity index (χ0) is 42.6. The summed E-state index contributed by atoms with van der Waals surface area (Å²) >= 11 is 0. The fourth-order valence-electron chi connectivity index (χ4n) is 8.17. The van der Waals surface area contributed by atoms with Crippen LogP contribution < -0.4 is 38.7 Å². The number of benzene rings is 7. The summed E-state index contributed by atoms with van der Waals surface area (Å²) in [6.07, 6.45) is 0. The number of hydrogen-bond acceptors (Lipinski definition) is 12. The summed E-state index contributed by atoms with van der Waals surface area (Å²) < 4.78 is 2.05. The molecule has 61 heavy (non-hydrogen) atoms. The number of nitrogens with one attached hydrogen (secondary N) is 3. The molecule has 0 saturated heterocycles. The Labute approximate surface area is 336 Å². The second kappa shape index (κ2) is 12.9. The standard InChI is InChI=1S/C32H14N6O4.C12H9N3.HNO3/c33-27-17-9-13-5-1-3-7-15(13)11-19(17)29-35-23-21(31(41)37(27)29)25(39)24-22(26(23)40)32(42)38-28(34)18-10-14-6-2-4-8-16(14)12-20(18)30(38)36-24;13-11-9-5-7-3-1-2-4-8(7)6-10(9)12(14)15-11;2-1(3)4/h1-12,33-34H;1-6H,(H3,13,14,15);(H,2,3,4). The molecule has 0 aliphatic carbocycles. The number of aliphatic imine (C=N–C) groups is 1. The highest BCUT2D eigenvalue weighted by Gasteiger charge is 2.25. The van der Waals surface area contributed by atoms with Gasteiger partial charge >= 0.3 is 0 Å². The lowest BCUT2D eigenvalue weighted by atomic mass is 10.0. The molecule has 0 fully saturated rings. The van der Waals surface area contributed by atoms with Gasteiger partial charge in [0.25, 0.3) is 16.2 Å². The first kappa shape index (κ1) is 36.2. The second-order valence-corrected chi connectivity index (χ2v) is 14.3. The van der Waals surface area contributed by atoms with Crippen LogP contribution >= 0.6 is 0 Å². The van der Waals surface area contributed by atoms with E-state index in [9.17, 15) is 19.2 Å². The van der Waals surface area contributed by atoms with Crippen LogP contribution in [0.2, 0.25) is 0 Å². The Morgan fingerprint density at radius 1 is 0.557 bits per heavy atom. The molecular weight excluding hydrogens is 781 g/mol. The molecule has 1 aliphatic heterocycles. The van der Waals surface area contributed by atoms with Crippen molar-refractivity contribution in [3.8, 4) is 0 Å². The molecule has 0 radical (unpaired) electrons. The number of rotatable bonds is 0. The lowest BCUT2D eigenvalue weighted by Crippen LogP contribution is -2.34. The number of nitrogens with zero attached hydrogens (tertiary/aromatic N) is 6. The average Bonchev–Trinajstić information content (AvgIpc) is 3.80. The van der Waals surface area contributed by atoms with Gasteiger partial charge < -0.3 is 10.9 Å². The van der Waals surface area contributed by atoms with Gasteiger partial charge in [-0.15, -0.1) is 10.1 Å². The molecule has 6 N–H and O–H groups in total. The molecule has 17 nitrogen and oxygen atoms in total. The normalized spacial score (nSPS) is 12.4. The zero-order valence-electron chi connectivity index (χ0n) is 31.0. The van der Waals surface area contributed by atoms with Crippen LogP contribution in [-0.2, 0) is 0 Å². The smallest absolute Gasteiger partial charge is 0.291 e. The van der Waals surface area contributed by atoms with Gasteiger partial charge in [-0.25, -0.2) is 23.8 Å². The van der Waals surface area contributed by atoms with E-state index >= 15 is 0 Å². The van der Waals surface area contributed by atoms with Crippen LogP contribution in [0.4, 0.5) is 0 Å². The highest BCUT2D eigenvalue weighted by molar-refractivity contribution is 6.22. The SMILES string of the molecule is N=C1N=C(N)c2cc3ccccc3cc21.N=c1c2cc3ccccc3cc2c2nc3c(=O)c4c(=O)n5c(=N)c6cc7ccccc7cc6c5nc4c(=O)c3c(=O)n12.O=[N+]([O-])O. The highest BCUT2D eigenvalue weighted by Crippen LogP contribution is 2.27. The maximum Gasteiger partial charge on any atom is 0.291 e. The van der Waals surface area contributed by atoms with E-state index in [4.69, 9.17) is 37.3 Å². The number of amidine groups is 2. The molecule has 7 aromatic carbocycles. The maximum absolute atomic E-state index is 13.9. The Balaban J connectivity index is 0.000000194. The molecule has 5 heterocycles. The topological polar surface area (TPSA) is 276 Å². The van der Waals surface area contributed by atoms with E-state index in [-0.39, 0.29) is 28.1 Å². The fraction of sp³-hybridized carbons (Fsp3) is 0. The van der Waals surface area contributed by atoms with E-state index in [2.05, 4.69) is 15.0 Å². The number of fused-ring (bicyclic) bond motifs is 12. The Morgan fingerprint density at radius 2 is 0.885 bits per heavy atom. The quantitative estimate of drug-likeness (QED) is 0.0829. The van der Waals surface area contributed by atoms with E-state index in [1.165, 1.54) is 0 Å². The van der Waals surface area contributed by atoms with Gasteiger partial charge in [-0.05, 0) is 68.7 Å². The van der Waals surface area contributed by atoms with E-state index < -0.39 is 48.9 Å². The molecule has 11 aromatic rings. The van der Waals surface area contributed by atoms with Gasteiger partial charge in [0.2, 0.25) is 10.9 Å². The first-order valence-electron chi connectivity index (χ1n) is 18.3. The van der Waals surface area contributed by atoms with Gasteiger partial charge in [0, 0.05) is 32.7 Å². The molecule has 0 spiro atoms. The molecule has 1 aliphatic rings. The van der Waals surface area contributed by atoms with Crippen molar-refractivity contribution in [2.45, 2.75) is 0 Å². The van der Waals surface area contributed by atoms with Gasteiger partial charge in [0.15, 0.2) is 5.84 Å². The third kappa shape index (κ3) is 5.27. The fourth-order valence-corrected chi connectivity index (χ4v) is 8.17. The van der Waals surface area contributed by atoms with Crippen LogP contribution in [0.3, 0.4) is 0 Å². The number of nitrogens with two attached hydrogens (primary N) is 1. The van der Waals surface area contributed by atoms with Crippen molar-refractivity contribution in [2.75, 3.05) is 0 Å². The predicted molar refractivity (Wildman–Crippen MR) is 230 cm³/mol. The van der Waals surface area contributed by atoms with Crippen LogP contribution in [0.15, 0.2) is 133 Å².